The predicted octanol–water partition coefficient (Wildman–Crippen LogP) is 5.58. The lowest BCUT2D eigenvalue weighted by atomic mass is 9.93. The van der Waals surface area contributed by atoms with Crippen LogP contribution in [-0.4, -0.2) is 28.8 Å². The van der Waals surface area contributed by atoms with Crippen LogP contribution in [0.3, 0.4) is 0 Å². The zero-order valence-corrected chi connectivity index (χ0v) is 18.6. The largest absolute Gasteiger partial charge is 0.454 e. The molecule has 3 aromatic carbocycles. The monoisotopic (exact) mass is 442 g/mol. The highest BCUT2D eigenvalue weighted by molar-refractivity contribution is 7.18. The van der Waals surface area contributed by atoms with E-state index in [0.29, 0.717) is 17.5 Å². The van der Waals surface area contributed by atoms with E-state index in [2.05, 4.69) is 0 Å². The maximum Gasteiger partial charge on any atom is 0.339 e. The van der Waals surface area contributed by atoms with E-state index in [9.17, 15) is 9.59 Å². The van der Waals surface area contributed by atoms with E-state index < -0.39 is 0 Å². The van der Waals surface area contributed by atoms with Crippen molar-refractivity contribution >= 4 is 33.4 Å². The molecule has 0 aliphatic carbocycles. The number of para-hydroxylation sites is 1. The number of carbonyl (C=O) groups is 2. The Bertz CT molecular complexity index is 1280. The number of hydrogen-bond acceptors (Lipinski definition) is 5. The topological polar surface area (TPSA) is 59.5 Å². The average molecular weight is 443 g/mol. The highest BCUT2D eigenvalue weighted by Gasteiger charge is 2.29. The number of aromatic nitrogens is 1. The molecule has 0 bridgehead atoms. The molecule has 2 heterocycles. The first-order valence-corrected chi connectivity index (χ1v) is 11.3. The van der Waals surface area contributed by atoms with Crippen molar-refractivity contribution in [2.75, 3.05) is 7.05 Å². The highest BCUT2D eigenvalue weighted by Crippen LogP contribution is 2.33. The van der Waals surface area contributed by atoms with E-state index in [-0.39, 0.29) is 24.0 Å². The standard InChI is InChI=1S/C26H22N2O3S/c1-16(24-27-21-10-6-7-11-23(21)32-24)28(2)25(29)18-12-13-20-19(14-18)15-22(31-26(20)30)17-8-4-3-5-9-17/h3-14,16,22H,15H2,1-2H3/t16-,22-/m1/s1. The van der Waals surface area contributed by atoms with Crippen LogP contribution >= 0.6 is 11.3 Å². The van der Waals surface area contributed by atoms with Gasteiger partial charge in [0.1, 0.15) is 11.1 Å². The third-order valence-corrected chi connectivity index (χ3v) is 7.17. The van der Waals surface area contributed by atoms with Crippen LogP contribution in [0.4, 0.5) is 0 Å². The number of cyclic esters (lactones) is 1. The molecule has 1 amide bonds. The van der Waals surface area contributed by atoms with Crippen LogP contribution in [0.25, 0.3) is 10.2 Å². The molecule has 1 aliphatic heterocycles. The Labute approximate surface area is 190 Å². The molecule has 5 rings (SSSR count). The third kappa shape index (κ3) is 3.67. The van der Waals surface area contributed by atoms with Gasteiger partial charge in [-0.25, -0.2) is 9.78 Å². The van der Waals surface area contributed by atoms with Gasteiger partial charge in [0, 0.05) is 19.0 Å². The van der Waals surface area contributed by atoms with Crippen molar-refractivity contribution in [3.8, 4) is 0 Å². The van der Waals surface area contributed by atoms with Crippen molar-refractivity contribution in [2.45, 2.75) is 25.5 Å². The Morgan fingerprint density at radius 3 is 2.62 bits per heavy atom. The molecule has 0 saturated heterocycles. The number of esters is 1. The van der Waals surface area contributed by atoms with Gasteiger partial charge in [-0.3, -0.25) is 4.79 Å². The van der Waals surface area contributed by atoms with E-state index in [1.807, 2.05) is 67.6 Å². The van der Waals surface area contributed by atoms with Gasteiger partial charge >= 0.3 is 5.97 Å². The number of nitrogens with zero attached hydrogens (tertiary/aromatic N) is 2. The van der Waals surface area contributed by atoms with Crippen LogP contribution < -0.4 is 0 Å². The van der Waals surface area contributed by atoms with Crippen LogP contribution in [-0.2, 0) is 11.2 Å². The van der Waals surface area contributed by atoms with Gasteiger partial charge in [-0.2, -0.15) is 0 Å². The maximum absolute atomic E-state index is 13.3. The van der Waals surface area contributed by atoms with Crippen LogP contribution in [0, 0.1) is 0 Å². The Morgan fingerprint density at radius 2 is 1.84 bits per heavy atom. The fourth-order valence-corrected chi connectivity index (χ4v) is 5.06. The molecule has 32 heavy (non-hydrogen) atoms. The molecular weight excluding hydrogens is 420 g/mol. The van der Waals surface area contributed by atoms with Crippen molar-refractivity contribution in [1.29, 1.82) is 0 Å². The summed E-state index contributed by atoms with van der Waals surface area (Å²) in [7, 11) is 1.79. The van der Waals surface area contributed by atoms with Gasteiger partial charge in [-0.1, -0.05) is 42.5 Å². The molecular formula is C26H22N2O3S. The molecule has 0 N–H and O–H groups in total. The fourth-order valence-electron chi connectivity index (χ4n) is 4.00. The summed E-state index contributed by atoms with van der Waals surface area (Å²) in [6, 6.07) is 22.7. The molecule has 0 spiro atoms. The number of rotatable bonds is 4. The normalized spacial score (nSPS) is 16.3. The summed E-state index contributed by atoms with van der Waals surface area (Å²) in [6.45, 7) is 1.98. The van der Waals surface area contributed by atoms with Crippen molar-refractivity contribution in [3.05, 3.63) is 100 Å². The van der Waals surface area contributed by atoms with Crippen molar-refractivity contribution in [3.63, 3.8) is 0 Å². The number of carbonyl (C=O) groups excluding carboxylic acids is 2. The molecule has 0 saturated carbocycles. The Kier molecular flexibility index (Phi) is 5.23. The number of amides is 1. The average Bonchev–Trinajstić information content (AvgIpc) is 3.27. The zero-order chi connectivity index (χ0) is 22.2. The zero-order valence-electron chi connectivity index (χ0n) is 17.8. The van der Waals surface area contributed by atoms with E-state index in [0.717, 1.165) is 26.4 Å². The molecule has 160 valence electrons. The highest BCUT2D eigenvalue weighted by atomic mass is 32.1. The minimum Gasteiger partial charge on any atom is -0.454 e. The predicted molar refractivity (Wildman–Crippen MR) is 125 cm³/mol. The van der Waals surface area contributed by atoms with E-state index in [4.69, 9.17) is 9.72 Å². The van der Waals surface area contributed by atoms with E-state index in [1.54, 1.807) is 35.4 Å². The number of thiazole rings is 1. The van der Waals surface area contributed by atoms with Gasteiger partial charge in [0.05, 0.1) is 21.8 Å². The van der Waals surface area contributed by atoms with Crippen LogP contribution in [0.5, 0.6) is 0 Å². The quantitative estimate of drug-likeness (QED) is 0.387. The summed E-state index contributed by atoms with van der Waals surface area (Å²) in [6.07, 6.45) is 0.199. The molecule has 1 aromatic heterocycles. The Hall–Kier alpha value is -3.51. The minimum absolute atomic E-state index is 0.102. The molecule has 0 radical (unpaired) electrons. The molecule has 4 aromatic rings. The summed E-state index contributed by atoms with van der Waals surface area (Å²) in [5.74, 6) is -0.454. The van der Waals surface area contributed by atoms with Crippen molar-refractivity contribution in [1.82, 2.24) is 9.88 Å². The summed E-state index contributed by atoms with van der Waals surface area (Å²) in [5.41, 5.74) is 3.81. The van der Waals surface area contributed by atoms with Gasteiger partial charge in [-0.15, -0.1) is 11.3 Å². The first kappa shape index (κ1) is 20.4. The van der Waals surface area contributed by atoms with E-state index >= 15 is 0 Å². The molecule has 6 heteroatoms. The second-order valence-corrected chi connectivity index (χ2v) is 9.05. The number of ether oxygens (including phenoxy) is 1. The summed E-state index contributed by atoms with van der Waals surface area (Å²) in [4.78, 5) is 32.2. The van der Waals surface area contributed by atoms with Gasteiger partial charge in [0.15, 0.2) is 0 Å². The summed E-state index contributed by atoms with van der Waals surface area (Å²) >= 11 is 1.60. The lowest BCUT2D eigenvalue weighted by Gasteiger charge is -2.27. The second-order valence-electron chi connectivity index (χ2n) is 7.99. The Morgan fingerprint density at radius 1 is 1.09 bits per heavy atom. The molecule has 5 nitrogen and oxygen atoms in total. The first-order chi connectivity index (χ1) is 15.5. The molecule has 0 fully saturated rings. The molecule has 1 aliphatic rings. The van der Waals surface area contributed by atoms with Crippen molar-refractivity contribution < 1.29 is 14.3 Å². The fraction of sp³-hybridized carbons (Fsp3) is 0.192. The summed E-state index contributed by atoms with van der Waals surface area (Å²) in [5, 5.41) is 0.896. The SMILES string of the molecule is C[C@H](c1nc2ccccc2s1)N(C)C(=O)c1ccc2c(c1)C[C@H](c1ccccc1)OC2=O. The Balaban J connectivity index is 1.40. The third-order valence-electron chi connectivity index (χ3n) is 5.97. The molecule has 2 atom stereocenters. The van der Waals surface area contributed by atoms with Crippen LogP contribution in [0.15, 0.2) is 72.8 Å². The van der Waals surface area contributed by atoms with Gasteiger partial charge in [0.25, 0.3) is 5.91 Å². The lowest BCUT2D eigenvalue weighted by molar-refractivity contribution is 0.0252. The second kappa shape index (κ2) is 8.20. The van der Waals surface area contributed by atoms with Gasteiger partial charge in [0.2, 0.25) is 0 Å². The van der Waals surface area contributed by atoms with E-state index in [1.165, 1.54) is 0 Å². The number of hydrogen-bond donors (Lipinski definition) is 0. The van der Waals surface area contributed by atoms with Crippen molar-refractivity contribution in [2.24, 2.45) is 0 Å². The minimum atomic E-state index is -0.352. The van der Waals surface area contributed by atoms with Gasteiger partial charge in [-0.05, 0) is 48.4 Å². The van der Waals surface area contributed by atoms with Crippen LogP contribution in [0.1, 0.15) is 55.9 Å². The first-order valence-electron chi connectivity index (χ1n) is 10.5. The van der Waals surface area contributed by atoms with Gasteiger partial charge < -0.3 is 9.64 Å². The smallest absolute Gasteiger partial charge is 0.339 e. The van der Waals surface area contributed by atoms with Crippen LogP contribution in [0.2, 0.25) is 0 Å². The number of fused-ring (bicyclic) bond motifs is 2. The lowest BCUT2D eigenvalue weighted by Crippen LogP contribution is -2.30. The molecule has 0 unspecified atom stereocenters. The maximum atomic E-state index is 13.3. The summed E-state index contributed by atoms with van der Waals surface area (Å²) < 4.78 is 6.74. The number of benzene rings is 3.